The molecule has 0 spiro atoms. The summed E-state index contributed by atoms with van der Waals surface area (Å²) < 4.78 is 0. The fourth-order valence-electron chi connectivity index (χ4n) is 4.18. The molecule has 1 aliphatic rings. The molecular weight excluding hydrogens is 436 g/mol. The summed E-state index contributed by atoms with van der Waals surface area (Å²) in [5.74, 6) is -0.359. The number of hydrogen-bond acceptors (Lipinski definition) is 6. The number of β-amino-alcohol motifs (C(OH)–C–C–N with tert-alkyl or cyclic N) is 1. The van der Waals surface area contributed by atoms with E-state index in [1.165, 1.54) is 0 Å². The Hall–Kier alpha value is -2.29. The molecule has 2 heterocycles. The number of aliphatic hydroxyl groups is 1. The molecule has 1 aromatic carbocycles. The van der Waals surface area contributed by atoms with Gasteiger partial charge in [-0.05, 0) is 36.4 Å². The van der Waals surface area contributed by atoms with Gasteiger partial charge < -0.3 is 20.6 Å². The van der Waals surface area contributed by atoms with E-state index in [4.69, 9.17) is 0 Å². The molecule has 0 bridgehead atoms. The lowest BCUT2D eigenvalue weighted by Gasteiger charge is -2.35. The molecular formula is C25H36N4O3S. The predicted octanol–water partition coefficient (Wildman–Crippen LogP) is 3.11. The van der Waals surface area contributed by atoms with Crippen molar-refractivity contribution >= 4 is 23.2 Å². The van der Waals surface area contributed by atoms with Gasteiger partial charge in [0.25, 0.3) is 0 Å². The van der Waals surface area contributed by atoms with Crippen LogP contribution in [0, 0.1) is 12.3 Å². The Morgan fingerprint density at radius 3 is 2.55 bits per heavy atom. The summed E-state index contributed by atoms with van der Waals surface area (Å²) in [4.78, 5) is 33.4. The molecule has 1 aliphatic heterocycles. The number of benzene rings is 1. The van der Waals surface area contributed by atoms with Crippen molar-refractivity contribution in [2.45, 2.75) is 72.2 Å². The number of amides is 2. The number of hydrogen-bond donors (Lipinski definition) is 3. The Morgan fingerprint density at radius 1 is 1.27 bits per heavy atom. The fourth-order valence-corrected chi connectivity index (χ4v) is 5.00. The lowest BCUT2D eigenvalue weighted by molar-refractivity contribution is -0.142. The first-order valence-electron chi connectivity index (χ1n) is 11.6. The number of rotatable bonds is 8. The number of likely N-dealkylation sites (tertiary alicyclic amines) is 1. The molecule has 1 fully saturated rings. The maximum Gasteiger partial charge on any atom is 0.243 e. The first-order chi connectivity index (χ1) is 15.6. The Balaban J connectivity index is 1.65. The van der Waals surface area contributed by atoms with E-state index in [0.29, 0.717) is 6.54 Å². The minimum atomic E-state index is -0.696. The maximum atomic E-state index is 13.4. The van der Waals surface area contributed by atoms with E-state index >= 15 is 0 Å². The van der Waals surface area contributed by atoms with Gasteiger partial charge in [0, 0.05) is 19.5 Å². The van der Waals surface area contributed by atoms with Crippen molar-refractivity contribution in [3.63, 3.8) is 0 Å². The van der Waals surface area contributed by atoms with Crippen molar-refractivity contribution < 1.29 is 14.7 Å². The van der Waals surface area contributed by atoms with E-state index < -0.39 is 18.2 Å². The molecule has 3 rings (SSSR count). The van der Waals surface area contributed by atoms with Gasteiger partial charge in [0.2, 0.25) is 11.8 Å². The number of carbonyl (C=O) groups is 2. The monoisotopic (exact) mass is 472 g/mol. The van der Waals surface area contributed by atoms with Crippen LogP contribution in [0.4, 0.5) is 0 Å². The lowest BCUT2D eigenvalue weighted by atomic mass is 9.85. The first-order valence-corrected chi connectivity index (χ1v) is 12.5. The normalized spacial score (nSPS) is 19.5. The van der Waals surface area contributed by atoms with E-state index in [1.54, 1.807) is 16.2 Å². The van der Waals surface area contributed by atoms with Gasteiger partial charge in [-0.15, -0.1) is 11.3 Å². The summed E-state index contributed by atoms with van der Waals surface area (Å²) in [6.45, 7) is 11.3. The summed E-state index contributed by atoms with van der Waals surface area (Å²) in [7, 11) is 0. The fraction of sp³-hybridized carbons (Fsp3) is 0.560. The Morgan fingerprint density at radius 2 is 1.97 bits per heavy atom. The highest BCUT2D eigenvalue weighted by Crippen LogP contribution is 2.28. The predicted molar refractivity (Wildman–Crippen MR) is 132 cm³/mol. The lowest BCUT2D eigenvalue weighted by Crippen LogP contribution is -2.56. The second-order valence-electron chi connectivity index (χ2n) is 9.83. The number of carbonyl (C=O) groups excluding carboxylic acids is 2. The van der Waals surface area contributed by atoms with Gasteiger partial charge in [-0.3, -0.25) is 9.59 Å². The van der Waals surface area contributed by atoms with Crippen molar-refractivity contribution in [3.05, 3.63) is 41.0 Å². The van der Waals surface area contributed by atoms with Crippen molar-refractivity contribution in [1.82, 2.24) is 20.5 Å². The quantitative estimate of drug-likeness (QED) is 0.549. The molecule has 1 saturated heterocycles. The number of nitrogens with one attached hydrogen (secondary N) is 2. The van der Waals surface area contributed by atoms with Gasteiger partial charge >= 0.3 is 0 Å². The minimum absolute atomic E-state index is 0.128. The zero-order valence-corrected chi connectivity index (χ0v) is 21.0. The smallest absolute Gasteiger partial charge is 0.243 e. The van der Waals surface area contributed by atoms with Crippen LogP contribution in [0.15, 0.2) is 29.8 Å². The molecule has 33 heavy (non-hydrogen) atoms. The van der Waals surface area contributed by atoms with Gasteiger partial charge in [0.1, 0.15) is 6.04 Å². The highest BCUT2D eigenvalue weighted by molar-refractivity contribution is 7.13. The first kappa shape index (κ1) is 25.3. The van der Waals surface area contributed by atoms with Crippen LogP contribution in [-0.4, -0.2) is 58.1 Å². The summed E-state index contributed by atoms with van der Waals surface area (Å²) in [6.07, 6.45) is 0.470. The third kappa shape index (κ3) is 6.19. The van der Waals surface area contributed by atoms with E-state index in [0.717, 1.165) is 34.7 Å². The van der Waals surface area contributed by atoms with Gasteiger partial charge in [0.05, 0.1) is 28.2 Å². The topological polar surface area (TPSA) is 94.6 Å². The number of thiazole rings is 1. The van der Waals surface area contributed by atoms with Crippen molar-refractivity contribution in [2.75, 3.05) is 13.1 Å². The van der Waals surface area contributed by atoms with Crippen LogP contribution in [-0.2, 0) is 16.1 Å². The van der Waals surface area contributed by atoms with Gasteiger partial charge in [-0.2, -0.15) is 0 Å². The average Bonchev–Trinajstić information content (AvgIpc) is 3.37. The highest BCUT2D eigenvalue weighted by atomic mass is 32.1. The van der Waals surface area contributed by atoms with Crippen LogP contribution >= 0.6 is 11.3 Å². The van der Waals surface area contributed by atoms with E-state index in [1.807, 2.05) is 57.5 Å². The molecule has 8 heteroatoms. The molecule has 0 unspecified atom stereocenters. The number of aliphatic hydroxyl groups excluding tert-OH is 1. The minimum Gasteiger partial charge on any atom is -0.391 e. The average molecular weight is 473 g/mol. The zero-order chi connectivity index (χ0) is 24.2. The summed E-state index contributed by atoms with van der Waals surface area (Å²) in [5.41, 5.74) is 4.62. The molecule has 2 amide bonds. The van der Waals surface area contributed by atoms with Crippen LogP contribution in [0.1, 0.15) is 51.8 Å². The van der Waals surface area contributed by atoms with Gasteiger partial charge in [-0.25, -0.2) is 4.98 Å². The Labute approximate surface area is 200 Å². The molecule has 180 valence electrons. The molecule has 0 saturated carbocycles. The van der Waals surface area contributed by atoms with Crippen LogP contribution in [0.3, 0.4) is 0 Å². The van der Waals surface area contributed by atoms with E-state index in [2.05, 4.69) is 22.5 Å². The number of nitrogens with zero attached hydrogens (tertiary/aromatic N) is 2. The van der Waals surface area contributed by atoms with Crippen LogP contribution in [0.25, 0.3) is 10.4 Å². The van der Waals surface area contributed by atoms with Crippen LogP contribution in [0.2, 0.25) is 0 Å². The third-order valence-electron chi connectivity index (χ3n) is 6.00. The number of aromatic nitrogens is 1. The van der Waals surface area contributed by atoms with Crippen LogP contribution in [0.5, 0.6) is 0 Å². The molecule has 7 nitrogen and oxygen atoms in total. The Kier molecular flexibility index (Phi) is 8.26. The van der Waals surface area contributed by atoms with Gasteiger partial charge in [0.15, 0.2) is 0 Å². The van der Waals surface area contributed by atoms with Crippen molar-refractivity contribution in [1.29, 1.82) is 0 Å². The molecule has 0 radical (unpaired) electrons. The molecule has 0 aliphatic carbocycles. The van der Waals surface area contributed by atoms with Crippen molar-refractivity contribution in [2.24, 2.45) is 5.41 Å². The van der Waals surface area contributed by atoms with Gasteiger partial charge in [-0.1, -0.05) is 52.0 Å². The van der Waals surface area contributed by atoms with Crippen LogP contribution < -0.4 is 10.6 Å². The zero-order valence-electron chi connectivity index (χ0n) is 20.2. The highest BCUT2D eigenvalue weighted by Gasteiger charge is 2.43. The second-order valence-corrected chi connectivity index (χ2v) is 10.7. The summed E-state index contributed by atoms with van der Waals surface area (Å²) >= 11 is 1.61. The maximum absolute atomic E-state index is 13.4. The molecule has 1 aromatic heterocycles. The van der Waals surface area contributed by atoms with E-state index in [9.17, 15) is 14.7 Å². The molecule has 3 atom stereocenters. The SMILES string of the molecule is CCCN[C@H](C(=O)N1C[C@H](O)C[C@H]1C(=O)NCc1ccc(-c2scnc2C)cc1)C(C)(C)C. The summed E-state index contributed by atoms with van der Waals surface area (Å²) in [5, 5.41) is 16.5. The number of aryl methyl sites for hydroxylation is 1. The Bertz CT molecular complexity index is 951. The summed E-state index contributed by atoms with van der Waals surface area (Å²) in [6, 6.07) is 6.96. The van der Waals surface area contributed by atoms with Crippen molar-refractivity contribution in [3.8, 4) is 10.4 Å². The third-order valence-corrected chi connectivity index (χ3v) is 6.98. The largest absolute Gasteiger partial charge is 0.391 e. The molecule has 2 aromatic rings. The van der Waals surface area contributed by atoms with E-state index in [-0.39, 0.29) is 30.2 Å². The standard InChI is InChI=1S/C25H36N4O3S/c1-6-11-26-22(25(3,4)5)24(32)29-14-19(30)12-20(29)23(31)27-13-17-7-9-18(10-8-17)21-16(2)28-15-33-21/h7-10,15,19-20,22,26,30H,6,11-14H2,1-5H3,(H,27,31)/t19-,20+,22-/m1/s1. The molecule has 3 N–H and O–H groups in total. The second kappa shape index (κ2) is 10.8.